The summed E-state index contributed by atoms with van der Waals surface area (Å²) in [4.78, 5) is 17.5. The summed E-state index contributed by atoms with van der Waals surface area (Å²) < 4.78 is 28.3. The Morgan fingerprint density at radius 3 is 2.17 bits per heavy atom. The molecule has 6 rings (SSSR count). The van der Waals surface area contributed by atoms with Crippen LogP contribution in [-0.2, 0) is 12.8 Å². The number of nitrogens with zero attached hydrogens (tertiary/aromatic N) is 1. The fourth-order valence-corrected chi connectivity index (χ4v) is 7.82. The second-order valence-corrected chi connectivity index (χ2v) is 11.9. The summed E-state index contributed by atoms with van der Waals surface area (Å²) in [6.45, 7) is 5.22. The van der Waals surface area contributed by atoms with E-state index in [2.05, 4.69) is 31.2 Å². The molecule has 3 aliphatic rings. The van der Waals surface area contributed by atoms with Crippen molar-refractivity contribution in [2.45, 2.75) is 51.1 Å². The van der Waals surface area contributed by atoms with Crippen LogP contribution in [0.2, 0.25) is 0 Å². The molecule has 1 amide bonds. The van der Waals surface area contributed by atoms with Gasteiger partial charge in [-0.2, -0.15) is 0 Å². The van der Waals surface area contributed by atoms with Gasteiger partial charge in [-0.05, 0) is 78.3 Å². The van der Waals surface area contributed by atoms with E-state index in [1.165, 1.54) is 16.7 Å². The van der Waals surface area contributed by atoms with Crippen molar-refractivity contribution in [3.05, 3.63) is 70.7 Å². The Bertz CT molecular complexity index is 1420. The Labute approximate surface area is 248 Å². The minimum absolute atomic E-state index is 0.0543. The van der Waals surface area contributed by atoms with Crippen LogP contribution in [0.25, 0.3) is 0 Å². The maximum Gasteiger partial charge on any atom is 0.290 e. The van der Waals surface area contributed by atoms with Gasteiger partial charge in [-0.1, -0.05) is 6.92 Å². The van der Waals surface area contributed by atoms with E-state index >= 15 is 0 Å². The normalized spacial score (nSPS) is 24.7. The minimum atomic E-state index is -0.0831. The number of nitrogens with one attached hydrogen (secondary N) is 1. The van der Waals surface area contributed by atoms with Crippen molar-refractivity contribution in [1.29, 1.82) is 0 Å². The molecule has 8 nitrogen and oxygen atoms in total. The van der Waals surface area contributed by atoms with E-state index in [1.54, 1.807) is 51.7 Å². The summed E-state index contributed by atoms with van der Waals surface area (Å²) in [6.07, 6.45) is 6.46. The molecule has 0 bridgehead atoms. The maximum absolute atomic E-state index is 13.8. The summed E-state index contributed by atoms with van der Waals surface area (Å²) >= 11 is 0. The quantitative estimate of drug-likeness (QED) is 0.421. The third-order valence-corrected chi connectivity index (χ3v) is 10.0. The van der Waals surface area contributed by atoms with Crippen LogP contribution in [0.4, 0.5) is 0 Å². The van der Waals surface area contributed by atoms with Crippen molar-refractivity contribution in [3.63, 3.8) is 0 Å². The topological polar surface area (TPSA) is 74.8 Å². The summed E-state index contributed by atoms with van der Waals surface area (Å²) in [5.74, 6) is 4.37. The van der Waals surface area contributed by atoms with Crippen LogP contribution in [0.5, 0.6) is 23.0 Å². The molecule has 4 heterocycles. The molecule has 2 aromatic carbocycles. The van der Waals surface area contributed by atoms with Crippen molar-refractivity contribution in [2.24, 2.45) is 11.8 Å². The number of piperidine rings is 1. The minimum Gasteiger partial charge on any atom is -0.493 e. The predicted octanol–water partition coefficient (Wildman–Crippen LogP) is 4.67. The maximum atomic E-state index is 13.8. The summed E-state index contributed by atoms with van der Waals surface area (Å²) in [6, 6.07) is 12.4. The fourth-order valence-electron chi connectivity index (χ4n) is 7.82. The molecule has 0 saturated carbocycles. The van der Waals surface area contributed by atoms with Gasteiger partial charge < -0.3 is 33.2 Å². The molecule has 1 saturated heterocycles. The smallest absolute Gasteiger partial charge is 0.290 e. The molecule has 1 fully saturated rings. The first-order valence-corrected chi connectivity index (χ1v) is 15.2. The highest BCUT2D eigenvalue weighted by Gasteiger charge is 2.44. The SMILES string of the molecule is CC[C@H]1C[NH+]2CCc3cc(OC)c(OC)cc3[C@H]2C[C@@H]1C[C@@H]1c2cc(OC)c(OC)cc2CCN1C(=O)c1ccco1. The number of benzene rings is 2. The van der Waals surface area contributed by atoms with Crippen LogP contribution < -0.4 is 23.8 Å². The molecule has 42 heavy (non-hydrogen) atoms. The molecule has 1 aromatic heterocycles. The lowest BCUT2D eigenvalue weighted by atomic mass is 9.72. The van der Waals surface area contributed by atoms with E-state index in [-0.39, 0.29) is 11.9 Å². The first-order valence-electron chi connectivity index (χ1n) is 15.2. The molecule has 1 unspecified atom stereocenters. The third kappa shape index (κ3) is 5.00. The highest BCUT2D eigenvalue weighted by atomic mass is 16.5. The van der Waals surface area contributed by atoms with Crippen molar-refractivity contribution in [3.8, 4) is 23.0 Å². The van der Waals surface area contributed by atoms with E-state index in [0.717, 1.165) is 68.0 Å². The molecule has 224 valence electrons. The molecule has 0 radical (unpaired) electrons. The van der Waals surface area contributed by atoms with E-state index in [9.17, 15) is 4.79 Å². The Hall–Kier alpha value is -3.65. The molecule has 0 aliphatic carbocycles. The van der Waals surface area contributed by atoms with Crippen molar-refractivity contribution >= 4 is 5.91 Å². The number of hydrogen-bond donors (Lipinski definition) is 1. The van der Waals surface area contributed by atoms with Crippen molar-refractivity contribution < 1.29 is 33.1 Å². The molecule has 8 heteroatoms. The Morgan fingerprint density at radius 2 is 1.55 bits per heavy atom. The number of ether oxygens (including phenoxy) is 4. The molecular weight excluding hydrogens is 532 g/mol. The number of fused-ring (bicyclic) bond motifs is 4. The first kappa shape index (κ1) is 28.5. The lowest BCUT2D eigenvalue weighted by molar-refractivity contribution is -0.944. The number of hydrogen-bond acceptors (Lipinski definition) is 6. The Balaban J connectivity index is 1.37. The third-order valence-electron chi connectivity index (χ3n) is 10.0. The molecular formula is C34H43N2O6+. The molecule has 0 spiro atoms. The van der Waals surface area contributed by atoms with Crippen LogP contribution in [0.15, 0.2) is 47.1 Å². The van der Waals surface area contributed by atoms with Gasteiger partial charge in [-0.15, -0.1) is 0 Å². The van der Waals surface area contributed by atoms with Gasteiger partial charge in [0.15, 0.2) is 28.8 Å². The molecule has 3 aromatic rings. The lowest BCUT2D eigenvalue weighted by Crippen LogP contribution is -3.15. The number of carbonyl (C=O) groups is 1. The van der Waals surface area contributed by atoms with Gasteiger partial charge in [-0.25, -0.2) is 0 Å². The Kier molecular flexibility index (Phi) is 8.08. The van der Waals surface area contributed by atoms with Crippen LogP contribution in [0, 0.1) is 11.8 Å². The number of quaternary nitrogens is 1. The zero-order valence-electron chi connectivity index (χ0n) is 25.4. The monoisotopic (exact) mass is 575 g/mol. The van der Waals surface area contributed by atoms with E-state index < -0.39 is 0 Å². The first-order chi connectivity index (χ1) is 20.5. The van der Waals surface area contributed by atoms with Gasteiger partial charge in [0.2, 0.25) is 0 Å². The largest absolute Gasteiger partial charge is 0.493 e. The zero-order chi connectivity index (χ0) is 29.4. The second kappa shape index (κ2) is 11.9. The number of amides is 1. The predicted molar refractivity (Wildman–Crippen MR) is 159 cm³/mol. The van der Waals surface area contributed by atoms with Crippen LogP contribution in [0.1, 0.15) is 71.1 Å². The van der Waals surface area contributed by atoms with Gasteiger partial charge in [0, 0.05) is 30.9 Å². The van der Waals surface area contributed by atoms with Gasteiger partial charge in [-0.3, -0.25) is 4.79 Å². The second-order valence-electron chi connectivity index (χ2n) is 11.9. The Morgan fingerprint density at radius 1 is 0.905 bits per heavy atom. The molecule has 1 N–H and O–H groups in total. The highest BCUT2D eigenvalue weighted by molar-refractivity contribution is 5.92. The van der Waals surface area contributed by atoms with Crippen LogP contribution in [0.3, 0.4) is 0 Å². The standard InChI is InChI=1S/C34H42N2O6/c1-6-21-20-35-11-9-22-16-30(38-2)32(40-4)18-25(22)27(35)14-24(21)15-28-26-19-33(41-5)31(39-3)17-23(26)10-12-36(28)34(37)29-8-7-13-42-29/h7-8,13,16-19,21,24,27-28H,6,9-12,14-15,20H2,1-5H3/p+1/t21-,24+,27+,28+/m0/s1. The molecule has 3 aliphatic heterocycles. The van der Waals surface area contributed by atoms with Gasteiger partial charge in [0.1, 0.15) is 6.04 Å². The summed E-state index contributed by atoms with van der Waals surface area (Å²) in [5, 5.41) is 0. The van der Waals surface area contributed by atoms with Gasteiger partial charge in [0.05, 0.1) is 53.8 Å². The number of rotatable bonds is 8. The number of methoxy groups -OCH3 is 4. The van der Waals surface area contributed by atoms with Crippen LogP contribution >= 0.6 is 0 Å². The summed E-state index contributed by atoms with van der Waals surface area (Å²) in [5.41, 5.74) is 5.12. The van der Waals surface area contributed by atoms with E-state index in [1.807, 2.05) is 4.90 Å². The average molecular weight is 576 g/mol. The fraction of sp³-hybridized carbons (Fsp3) is 0.500. The summed E-state index contributed by atoms with van der Waals surface area (Å²) in [7, 11) is 6.76. The van der Waals surface area contributed by atoms with E-state index in [0.29, 0.717) is 35.9 Å². The number of furan rings is 1. The van der Waals surface area contributed by atoms with Crippen molar-refractivity contribution in [1.82, 2.24) is 4.90 Å². The lowest BCUT2D eigenvalue weighted by Gasteiger charge is -2.47. The van der Waals surface area contributed by atoms with E-state index in [4.69, 9.17) is 23.4 Å². The molecule has 5 atom stereocenters. The van der Waals surface area contributed by atoms with Crippen LogP contribution in [-0.4, -0.2) is 58.9 Å². The van der Waals surface area contributed by atoms with Crippen molar-refractivity contribution in [2.75, 3.05) is 48.1 Å². The van der Waals surface area contributed by atoms with Gasteiger partial charge in [0.25, 0.3) is 5.91 Å². The van der Waals surface area contributed by atoms with Gasteiger partial charge >= 0.3 is 0 Å². The zero-order valence-corrected chi connectivity index (χ0v) is 25.4. The average Bonchev–Trinajstić information content (AvgIpc) is 3.58. The highest BCUT2D eigenvalue weighted by Crippen LogP contribution is 2.45. The number of carbonyl (C=O) groups excluding carboxylic acids is 1.